The Kier molecular flexibility index (Phi) is 3.76. The molecule has 0 saturated carbocycles. The molecule has 2 atom stereocenters. The summed E-state index contributed by atoms with van der Waals surface area (Å²) in [5.74, 6) is 0.147. The summed E-state index contributed by atoms with van der Waals surface area (Å²) in [7, 11) is 0. The van der Waals surface area contributed by atoms with Crippen LogP contribution in [0.4, 0.5) is 0 Å². The van der Waals surface area contributed by atoms with Crippen LogP contribution in [0.1, 0.15) is 35.9 Å². The first-order chi connectivity index (χ1) is 9.70. The van der Waals surface area contributed by atoms with Crippen LogP contribution >= 0.6 is 11.3 Å². The third-order valence-electron chi connectivity index (χ3n) is 4.17. The van der Waals surface area contributed by atoms with E-state index in [9.17, 15) is 4.79 Å². The van der Waals surface area contributed by atoms with E-state index in [0.717, 1.165) is 23.1 Å². The average Bonchev–Trinajstić information content (AvgIpc) is 2.90. The largest absolute Gasteiger partial charge is 0.331 e. The highest BCUT2D eigenvalue weighted by molar-refractivity contribution is 7.20. The molecule has 1 fully saturated rings. The number of carbonyl (C=O) groups excluding carboxylic acids is 1. The maximum atomic E-state index is 12.8. The Bertz CT molecular complexity index is 589. The van der Waals surface area contributed by atoms with Crippen molar-refractivity contribution in [2.75, 3.05) is 6.54 Å². The lowest BCUT2D eigenvalue weighted by molar-refractivity contribution is 0.0499. The first kappa shape index (κ1) is 13.6. The standard InChI is InChI=1S/C16H20N2OS/c1-11-5-4-7-13(10-17)18(11)16(19)15-9-12-6-2-3-8-14(12)20-15/h2-3,6,8-9,11,13H,4-5,7,10,17H2,1H3. The summed E-state index contributed by atoms with van der Waals surface area (Å²) < 4.78 is 1.17. The van der Waals surface area contributed by atoms with E-state index in [4.69, 9.17) is 5.73 Å². The summed E-state index contributed by atoms with van der Waals surface area (Å²) in [6, 6.07) is 10.6. The van der Waals surface area contributed by atoms with Gasteiger partial charge in [0.05, 0.1) is 4.88 Å². The van der Waals surface area contributed by atoms with E-state index in [1.165, 1.54) is 11.1 Å². The number of hydrogen-bond donors (Lipinski definition) is 1. The summed E-state index contributed by atoms with van der Waals surface area (Å²) in [6.45, 7) is 2.69. The Morgan fingerprint density at radius 2 is 2.20 bits per heavy atom. The number of thiophene rings is 1. The van der Waals surface area contributed by atoms with Gasteiger partial charge in [0.25, 0.3) is 5.91 Å². The van der Waals surface area contributed by atoms with Crippen molar-refractivity contribution in [3.8, 4) is 0 Å². The molecule has 3 nitrogen and oxygen atoms in total. The van der Waals surface area contributed by atoms with Gasteiger partial charge < -0.3 is 10.6 Å². The van der Waals surface area contributed by atoms with Crippen LogP contribution in [0.3, 0.4) is 0 Å². The molecule has 1 aliphatic heterocycles. The quantitative estimate of drug-likeness (QED) is 0.922. The van der Waals surface area contributed by atoms with Gasteiger partial charge in [-0.1, -0.05) is 18.2 Å². The van der Waals surface area contributed by atoms with Gasteiger partial charge in [-0.3, -0.25) is 4.79 Å². The molecule has 0 aliphatic carbocycles. The zero-order valence-electron chi connectivity index (χ0n) is 11.7. The van der Waals surface area contributed by atoms with Crippen LogP contribution in [0.15, 0.2) is 30.3 Å². The van der Waals surface area contributed by atoms with Gasteiger partial charge in [0.1, 0.15) is 0 Å². The Balaban J connectivity index is 1.93. The van der Waals surface area contributed by atoms with Gasteiger partial charge in [-0.2, -0.15) is 0 Å². The van der Waals surface area contributed by atoms with E-state index < -0.39 is 0 Å². The predicted octanol–water partition coefficient (Wildman–Crippen LogP) is 3.24. The first-order valence-electron chi connectivity index (χ1n) is 7.22. The first-order valence-corrected chi connectivity index (χ1v) is 8.03. The summed E-state index contributed by atoms with van der Waals surface area (Å²) in [5, 5.41) is 1.15. The number of likely N-dealkylation sites (tertiary alicyclic amines) is 1. The van der Waals surface area contributed by atoms with E-state index in [1.54, 1.807) is 11.3 Å². The average molecular weight is 288 g/mol. The van der Waals surface area contributed by atoms with Crippen LogP contribution in [-0.2, 0) is 0 Å². The molecule has 20 heavy (non-hydrogen) atoms. The fraction of sp³-hybridized carbons (Fsp3) is 0.438. The summed E-state index contributed by atoms with van der Waals surface area (Å²) >= 11 is 1.58. The van der Waals surface area contributed by atoms with Crippen molar-refractivity contribution >= 4 is 27.3 Å². The fourth-order valence-electron chi connectivity index (χ4n) is 3.10. The molecule has 1 aliphatic rings. The Morgan fingerprint density at radius 1 is 1.40 bits per heavy atom. The highest BCUT2D eigenvalue weighted by atomic mass is 32.1. The molecule has 4 heteroatoms. The molecular formula is C16H20N2OS. The molecule has 1 saturated heterocycles. The van der Waals surface area contributed by atoms with Gasteiger partial charge in [-0.05, 0) is 43.7 Å². The Hall–Kier alpha value is -1.39. The minimum atomic E-state index is 0.147. The van der Waals surface area contributed by atoms with Crippen LogP contribution in [0, 0.1) is 0 Å². The number of nitrogens with two attached hydrogens (primary N) is 1. The highest BCUT2D eigenvalue weighted by Gasteiger charge is 2.32. The number of piperidine rings is 1. The minimum absolute atomic E-state index is 0.147. The molecule has 1 aromatic carbocycles. The molecule has 2 unspecified atom stereocenters. The molecule has 0 radical (unpaired) electrons. The molecule has 106 valence electrons. The maximum Gasteiger partial charge on any atom is 0.264 e. The van der Waals surface area contributed by atoms with Crippen molar-refractivity contribution in [1.82, 2.24) is 4.90 Å². The molecule has 3 rings (SSSR count). The van der Waals surface area contributed by atoms with Crippen LogP contribution in [0.25, 0.3) is 10.1 Å². The molecule has 2 heterocycles. The van der Waals surface area contributed by atoms with Gasteiger partial charge >= 0.3 is 0 Å². The number of nitrogens with zero attached hydrogens (tertiary/aromatic N) is 1. The smallest absolute Gasteiger partial charge is 0.264 e. The Labute approximate surface area is 123 Å². The molecule has 1 aromatic heterocycles. The maximum absolute atomic E-state index is 12.8. The number of amides is 1. The van der Waals surface area contributed by atoms with E-state index in [2.05, 4.69) is 19.1 Å². The van der Waals surface area contributed by atoms with E-state index in [-0.39, 0.29) is 18.0 Å². The van der Waals surface area contributed by atoms with Crippen LogP contribution in [-0.4, -0.2) is 29.4 Å². The number of benzene rings is 1. The second-order valence-corrected chi connectivity index (χ2v) is 6.61. The summed E-state index contributed by atoms with van der Waals surface area (Å²) in [5.41, 5.74) is 5.86. The van der Waals surface area contributed by atoms with Crippen LogP contribution in [0.2, 0.25) is 0 Å². The summed E-state index contributed by atoms with van der Waals surface area (Å²) in [4.78, 5) is 15.7. The van der Waals surface area contributed by atoms with Gasteiger partial charge in [-0.15, -0.1) is 11.3 Å². The summed E-state index contributed by atoms with van der Waals surface area (Å²) in [6.07, 6.45) is 3.27. The van der Waals surface area contributed by atoms with Crippen molar-refractivity contribution in [2.24, 2.45) is 5.73 Å². The third kappa shape index (κ3) is 2.34. The molecule has 1 amide bonds. The zero-order valence-corrected chi connectivity index (χ0v) is 12.5. The van der Waals surface area contributed by atoms with E-state index in [1.807, 2.05) is 23.1 Å². The minimum Gasteiger partial charge on any atom is -0.331 e. The third-order valence-corrected chi connectivity index (χ3v) is 5.27. The molecule has 0 spiro atoms. The second kappa shape index (κ2) is 5.54. The SMILES string of the molecule is CC1CCCC(CN)N1C(=O)c1cc2ccccc2s1. The van der Waals surface area contributed by atoms with Crippen molar-refractivity contribution in [2.45, 2.75) is 38.3 Å². The second-order valence-electron chi connectivity index (χ2n) is 5.53. The van der Waals surface area contributed by atoms with Gasteiger partial charge in [-0.25, -0.2) is 0 Å². The lowest BCUT2D eigenvalue weighted by atomic mass is 9.96. The zero-order chi connectivity index (χ0) is 14.1. The fourth-order valence-corrected chi connectivity index (χ4v) is 4.11. The van der Waals surface area contributed by atoms with Crippen molar-refractivity contribution in [3.63, 3.8) is 0 Å². The lowest BCUT2D eigenvalue weighted by Crippen LogP contribution is -2.51. The Morgan fingerprint density at radius 3 is 2.95 bits per heavy atom. The molecule has 0 bridgehead atoms. The monoisotopic (exact) mass is 288 g/mol. The molecule has 2 aromatic rings. The normalized spacial score (nSPS) is 23.2. The van der Waals surface area contributed by atoms with Crippen molar-refractivity contribution in [3.05, 3.63) is 35.2 Å². The van der Waals surface area contributed by atoms with Crippen molar-refractivity contribution < 1.29 is 4.79 Å². The number of carbonyl (C=O) groups is 1. The van der Waals surface area contributed by atoms with Crippen LogP contribution < -0.4 is 5.73 Å². The topological polar surface area (TPSA) is 46.3 Å². The van der Waals surface area contributed by atoms with Crippen LogP contribution in [0.5, 0.6) is 0 Å². The van der Waals surface area contributed by atoms with Gasteiger partial charge in [0, 0.05) is 23.3 Å². The number of rotatable bonds is 2. The van der Waals surface area contributed by atoms with E-state index in [0.29, 0.717) is 6.54 Å². The molecular weight excluding hydrogens is 268 g/mol. The van der Waals surface area contributed by atoms with Gasteiger partial charge in [0.2, 0.25) is 0 Å². The number of fused-ring (bicyclic) bond motifs is 1. The molecule has 2 N–H and O–H groups in total. The van der Waals surface area contributed by atoms with Gasteiger partial charge in [0.15, 0.2) is 0 Å². The lowest BCUT2D eigenvalue weighted by Gasteiger charge is -2.40. The highest BCUT2D eigenvalue weighted by Crippen LogP contribution is 2.30. The van der Waals surface area contributed by atoms with E-state index >= 15 is 0 Å². The predicted molar refractivity (Wildman–Crippen MR) is 84.1 cm³/mol. The number of hydrogen-bond acceptors (Lipinski definition) is 3. The van der Waals surface area contributed by atoms with Crippen molar-refractivity contribution in [1.29, 1.82) is 0 Å².